The molecule has 0 bridgehead atoms. The predicted octanol–water partition coefficient (Wildman–Crippen LogP) is 3.16. The summed E-state index contributed by atoms with van der Waals surface area (Å²) in [6.45, 7) is 3.77. The van der Waals surface area contributed by atoms with Crippen molar-refractivity contribution in [3.05, 3.63) is 71.2 Å². The largest absolute Gasteiger partial charge is 0.494 e. The van der Waals surface area contributed by atoms with E-state index in [1.165, 1.54) is 16.8 Å². The van der Waals surface area contributed by atoms with E-state index in [4.69, 9.17) is 10.5 Å². The second-order valence-corrected chi connectivity index (χ2v) is 7.20. The number of nitrogens with two attached hydrogens (primary N) is 1. The first-order valence-electron chi connectivity index (χ1n) is 10.8. The minimum atomic E-state index is -0.348. The van der Waals surface area contributed by atoms with Crippen LogP contribution in [0.3, 0.4) is 0 Å². The minimum absolute atomic E-state index is 0.248. The van der Waals surface area contributed by atoms with Gasteiger partial charge in [0, 0.05) is 25.7 Å². The molecule has 0 fully saturated rings. The summed E-state index contributed by atoms with van der Waals surface area (Å²) in [5, 5.41) is 20.6. The number of benzene rings is 2. The molecule has 33 heavy (non-hydrogen) atoms. The Labute approximate surface area is 192 Å². The summed E-state index contributed by atoms with van der Waals surface area (Å²) in [6.07, 6.45) is 1.27. The lowest BCUT2D eigenvalue weighted by molar-refractivity contribution is 0.336. The van der Waals surface area contributed by atoms with E-state index in [9.17, 15) is 9.65 Å². The summed E-state index contributed by atoms with van der Waals surface area (Å²) in [6, 6.07) is 15.8. The number of guanidine groups is 1. The summed E-state index contributed by atoms with van der Waals surface area (Å²) < 4.78 is 20.3. The maximum absolute atomic E-state index is 13.2. The Hall–Kier alpha value is -4.06. The summed E-state index contributed by atoms with van der Waals surface area (Å²) in [4.78, 5) is 4.25. The number of nitrogen functional groups attached to an aromatic ring is 1. The Morgan fingerprint density at radius 2 is 1.97 bits per heavy atom. The zero-order valence-electron chi connectivity index (χ0n) is 18.8. The van der Waals surface area contributed by atoms with E-state index in [-0.39, 0.29) is 11.6 Å². The lowest BCUT2D eigenvalue weighted by Gasteiger charge is -2.14. The first kappa shape index (κ1) is 23.6. The van der Waals surface area contributed by atoms with Crippen LogP contribution in [-0.2, 0) is 13.0 Å². The summed E-state index contributed by atoms with van der Waals surface area (Å²) >= 11 is 0. The van der Waals surface area contributed by atoms with Crippen molar-refractivity contribution in [3.63, 3.8) is 0 Å². The number of halogens is 1. The highest BCUT2D eigenvalue weighted by atomic mass is 19.1. The average Bonchev–Trinajstić information content (AvgIpc) is 3.15. The monoisotopic (exact) mass is 449 g/mol. The molecule has 2 aromatic carbocycles. The molecule has 1 aromatic heterocycles. The Morgan fingerprint density at radius 1 is 1.21 bits per heavy atom. The number of aliphatic imine (C=N–C) groups is 1. The highest BCUT2D eigenvalue weighted by Crippen LogP contribution is 2.22. The van der Waals surface area contributed by atoms with Crippen LogP contribution in [0.2, 0.25) is 0 Å². The maximum atomic E-state index is 13.2. The number of aryl methyl sites for hydroxylation is 1. The highest BCUT2D eigenvalue weighted by molar-refractivity contribution is 5.79. The van der Waals surface area contributed by atoms with Gasteiger partial charge in [0.25, 0.3) is 0 Å². The smallest absolute Gasteiger partial charge is 0.191 e. The van der Waals surface area contributed by atoms with Gasteiger partial charge in [-0.15, -0.1) is 0 Å². The van der Waals surface area contributed by atoms with E-state index in [1.54, 1.807) is 19.2 Å². The van der Waals surface area contributed by atoms with E-state index >= 15 is 0 Å². The van der Waals surface area contributed by atoms with Crippen molar-refractivity contribution in [3.8, 4) is 17.5 Å². The first-order chi connectivity index (χ1) is 16.1. The fraction of sp³-hybridized carbons (Fsp3) is 0.292. The quantitative estimate of drug-likeness (QED) is 0.263. The summed E-state index contributed by atoms with van der Waals surface area (Å²) in [5.74, 6) is 1.41. The molecule has 172 valence electrons. The van der Waals surface area contributed by atoms with Crippen molar-refractivity contribution in [1.29, 1.82) is 5.26 Å². The van der Waals surface area contributed by atoms with Gasteiger partial charge in [-0.1, -0.05) is 18.2 Å². The van der Waals surface area contributed by atoms with Crippen molar-refractivity contribution < 1.29 is 9.13 Å². The van der Waals surface area contributed by atoms with Crippen LogP contribution < -0.4 is 21.1 Å². The number of hydrogen-bond donors (Lipinski definition) is 3. The average molecular weight is 450 g/mol. The molecule has 8 nitrogen and oxygen atoms in total. The number of ether oxygens (including phenoxy) is 1. The standard InChI is InChI=1S/C24H28FN7O/c1-3-33-22-9-5-4-7-17(22)16-30-24(28-2)29-14-6-8-21-20(15-26)23(27)32(31-21)19-12-10-18(25)11-13-19/h4-5,7,9-13H,3,6,8,14,16,27H2,1-2H3,(H2,28,29,30). The van der Waals surface area contributed by atoms with E-state index in [0.29, 0.717) is 55.4 Å². The van der Waals surface area contributed by atoms with Gasteiger partial charge in [0.15, 0.2) is 5.96 Å². The second kappa shape index (κ2) is 11.5. The molecule has 0 saturated carbocycles. The van der Waals surface area contributed by atoms with Crippen LogP contribution in [0.5, 0.6) is 5.75 Å². The maximum Gasteiger partial charge on any atom is 0.191 e. The number of anilines is 1. The van der Waals surface area contributed by atoms with E-state index in [0.717, 1.165) is 11.3 Å². The minimum Gasteiger partial charge on any atom is -0.494 e. The van der Waals surface area contributed by atoms with Crippen LogP contribution in [-0.4, -0.2) is 35.9 Å². The molecule has 0 aliphatic rings. The van der Waals surface area contributed by atoms with Crippen molar-refractivity contribution >= 4 is 11.8 Å². The summed E-state index contributed by atoms with van der Waals surface area (Å²) in [7, 11) is 1.71. The third-order valence-corrected chi connectivity index (χ3v) is 5.00. The zero-order valence-corrected chi connectivity index (χ0v) is 18.8. The fourth-order valence-corrected chi connectivity index (χ4v) is 3.36. The van der Waals surface area contributed by atoms with Gasteiger partial charge in [-0.25, -0.2) is 9.07 Å². The molecule has 0 aliphatic heterocycles. The summed E-state index contributed by atoms with van der Waals surface area (Å²) in [5.41, 5.74) is 8.71. The Kier molecular flexibility index (Phi) is 8.24. The van der Waals surface area contributed by atoms with Gasteiger partial charge in [-0.2, -0.15) is 10.4 Å². The Morgan fingerprint density at radius 3 is 2.67 bits per heavy atom. The van der Waals surface area contributed by atoms with Gasteiger partial charge in [-0.05, 0) is 50.1 Å². The molecule has 0 atom stereocenters. The van der Waals surface area contributed by atoms with E-state index < -0.39 is 0 Å². The molecule has 3 aromatic rings. The lowest BCUT2D eigenvalue weighted by atomic mass is 10.1. The highest BCUT2D eigenvalue weighted by Gasteiger charge is 2.16. The van der Waals surface area contributed by atoms with Crippen LogP contribution >= 0.6 is 0 Å². The Bertz CT molecular complexity index is 1130. The molecule has 0 saturated heterocycles. The van der Waals surface area contributed by atoms with Crippen molar-refractivity contribution in [1.82, 2.24) is 20.4 Å². The number of para-hydroxylation sites is 1. The third kappa shape index (κ3) is 6.01. The van der Waals surface area contributed by atoms with Crippen LogP contribution in [0.1, 0.15) is 30.2 Å². The SMILES string of the molecule is CCOc1ccccc1CNC(=NC)NCCCc1nn(-c2ccc(F)cc2)c(N)c1C#N. The topological polar surface area (TPSA) is 113 Å². The van der Waals surface area contributed by atoms with Crippen molar-refractivity contribution in [2.75, 3.05) is 25.9 Å². The lowest BCUT2D eigenvalue weighted by Crippen LogP contribution is -2.37. The number of nitrogens with one attached hydrogen (secondary N) is 2. The number of rotatable bonds is 9. The molecule has 0 spiro atoms. The van der Waals surface area contributed by atoms with Crippen LogP contribution in [0.25, 0.3) is 5.69 Å². The van der Waals surface area contributed by atoms with E-state index in [1.807, 2.05) is 31.2 Å². The number of nitrogens with zero attached hydrogens (tertiary/aromatic N) is 4. The van der Waals surface area contributed by atoms with Crippen LogP contribution in [0, 0.1) is 17.1 Å². The third-order valence-electron chi connectivity index (χ3n) is 5.00. The number of nitriles is 1. The predicted molar refractivity (Wildman–Crippen MR) is 127 cm³/mol. The van der Waals surface area contributed by atoms with Gasteiger partial charge in [0.1, 0.15) is 29.0 Å². The van der Waals surface area contributed by atoms with Gasteiger partial charge in [0.2, 0.25) is 0 Å². The second-order valence-electron chi connectivity index (χ2n) is 7.20. The molecule has 9 heteroatoms. The van der Waals surface area contributed by atoms with Gasteiger partial charge in [0.05, 0.1) is 18.0 Å². The Balaban J connectivity index is 1.55. The van der Waals surface area contributed by atoms with Crippen molar-refractivity contribution in [2.24, 2.45) is 4.99 Å². The first-order valence-corrected chi connectivity index (χ1v) is 10.8. The van der Waals surface area contributed by atoms with Gasteiger partial charge in [-0.3, -0.25) is 4.99 Å². The number of hydrogen-bond acceptors (Lipinski definition) is 5. The molecule has 0 unspecified atom stereocenters. The molecule has 3 rings (SSSR count). The molecule has 0 amide bonds. The van der Waals surface area contributed by atoms with Crippen LogP contribution in [0.4, 0.5) is 10.2 Å². The zero-order chi connectivity index (χ0) is 23.6. The molecular weight excluding hydrogens is 421 g/mol. The molecule has 4 N–H and O–H groups in total. The van der Waals surface area contributed by atoms with Crippen molar-refractivity contribution in [2.45, 2.75) is 26.3 Å². The molecule has 0 radical (unpaired) electrons. The van der Waals surface area contributed by atoms with Gasteiger partial charge < -0.3 is 21.1 Å². The van der Waals surface area contributed by atoms with Gasteiger partial charge >= 0.3 is 0 Å². The normalized spacial score (nSPS) is 11.2. The molecule has 0 aliphatic carbocycles. The fourth-order valence-electron chi connectivity index (χ4n) is 3.36. The molecule has 1 heterocycles. The number of aromatic nitrogens is 2. The van der Waals surface area contributed by atoms with Crippen LogP contribution in [0.15, 0.2) is 53.5 Å². The molecular formula is C24H28FN7O. The van der Waals surface area contributed by atoms with E-state index in [2.05, 4.69) is 26.8 Å².